The number of hydrogen-bond acceptors (Lipinski definition) is 4. The second kappa shape index (κ2) is 6.79. The first kappa shape index (κ1) is 14.9. The van der Waals surface area contributed by atoms with E-state index in [4.69, 9.17) is 15.5 Å². The molecule has 1 aromatic heterocycles. The summed E-state index contributed by atoms with van der Waals surface area (Å²) in [5.41, 5.74) is 6.73. The molecule has 2 N–H and O–H groups in total. The minimum Gasteiger partial charge on any atom is -0.378 e. The van der Waals surface area contributed by atoms with Crippen molar-refractivity contribution in [3.05, 3.63) is 11.9 Å². The van der Waals surface area contributed by atoms with Crippen LogP contribution in [0, 0.1) is 0 Å². The number of imidazole rings is 1. The molecule has 0 atom stereocenters. The van der Waals surface area contributed by atoms with Gasteiger partial charge in [0.05, 0.1) is 11.8 Å². The predicted octanol–water partition coefficient (Wildman–Crippen LogP) is 2.11. The number of piperidine rings is 1. The van der Waals surface area contributed by atoms with Crippen LogP contribution in [-0.2, 0) is 11.2 Å². The van der Waals surface area contributed by atoms with Crippen molar-refractivity contribution in [3.8, 4) is 0 Å². The lowest BCUT2D eigenvalue weighted by Gasteiger charge is -2.33. The van der Waals surface area contributed by atoms with Gasteiger partial charge >= 0.3 is 0 Å². The third kappa shape index (κ3) is 3.58. The minimum atomic E-state index is 0.405. The molecule has 118 valence electrons. The number of rotatable bonds is 7. The summed E-state index contributed by atoms with van der Waals surface area (Å²) < 4.78 is 8.30. The largest absolute Gasteiger partial charge is 0.378 e. The van der Waals surface area contributed by atoms with Gasteiger partial charge in [0.15, 0.2) is 0 Å². The van der Waals surface area contributed by atoms with E-state index in [9.17, 15) is 0 Å². The summed E-state index contributed by atoms with van der Waals surface area (Å²) in [4.78, 5) is 7.29. The molecule has 5 nitrogen and oxygen atoms in total. The Morgan fingerprint density at radius 2 is 2.05 bits per heavy atom. The van der Waals surface area contributed by atoms with Gasteiger partial charge in [-0.2, -0.15) is 0 Å². The molecule has 21 heavy (non-hydrogen) atoms. The van der Waals surface area contributed by atoms with E-state index >= 15 is 0 Å². The van der Waals surface area contributed by atoms with Crippen molar-refractivity contribution in [1.82, 2.24) is 9.55 Å². The first-order valence-corrected chi connectivity index (χ1v) is 8.46. The molecule has 0 amide bonds. The Balaban J connectivity index is 1.57. The van der Waals surface area contributed by atoms with Gasteiger partial charge in [-0.1, -0.05) is 6.92 Å². The maximum absolute atomic E-state index is 5.89. The molecule has 5 heteroatoms. The fourth-order valence-electron chi connectivity index (χ4n) is 3.01. The molecular formula is C16H28N4O. The number of nitrogens with two attached hydrogens (primary N) is 1. The third-order valence-electron chi connectivity index (χ3n) is 4.49. The first-order chi connectivity index (χ1) is 10.3. The molecule has 1 aliphatic carbocycles. The van der Waals surface area contributed by atoms with Crippen molar-refractivity contribution in [1.29, 1.82) is 0 Å². The Hall–Kier alpha value is -1.07. The lowest BCUT2D eigenvalue weighted by molar-refractivity contribution is 0.0364. The molecule has 1 saturated heterocycles. The van der Waals surface area contributed by atoms with Crippen LogP contribution in [0.1, 0.15) is 50.8 Å². The molecular weight excluding hydrogens is 264 g/mol. The zero-order chi connectivity index (χ0) is 14.7. The van der Waals surface area contributed by atoms with Crippen LogP contribution < -0.4 is 10.6 Å². The Morgan fingerprint density at radius 3 is 2.67 bits per heavy atom. The summed E-state index contributed by atoms with van der Waals surface area (Å²) in [5, 5.41) is 0. The van der Waals surface area contributed by atoms with Crippen molar-refractivity contribution in [2.45, 2.75) is 57.6 Å². The number of hydrogen-bond donors (Lipinski definition) is 1. The third-order valence-corrected chi connectivity index (χ3v) is 4.49. The molecule has 0 unspecified atom stereocenters. The van der Waals surface area contributed by atoms with E-state index in [0.29, 0.717) is 12.1 Å². The number of aromatic nitrogens is 2. The van der Waals surface area contributed by atoms with Crippen LogP contribution in [0.5, 0.6) is 0 Å². The molecule has 1 saturated carbocycles. The highest BCUT2D eigenvalue weighted by Gasteiger charge is 2.30. The van der Waals surface area contributed by atoms with Crippen molar-refractivity contribution >= 4 is 5.95 Å². The van der Waals surface area contributed by atoms with Crippen LogP contribution in [0.4, 0.5) is 5.95 Å². The first-order valence-electron chi connectivity index (χ1n) is 8.46. The van der Waals surface area contributed by atoms with Crippen molar-refractivity contribution < 1.29 is 4.74 Å². The zero-order valence-corrected chi connectivity index (χ0v) is 13.1. The second-order valence-corrected chi connectivity index (χ2v) is 6.22. The molecule has 2 aliphatic rings. The van der Waals surface area contributed by atoms with E-state index in [2.05, 4.69) is 22.6 Å². The van der Waals surface area contributed by atoms with Gasteiger partial charge in [-0.25, -0.2) is 4.98 Å². The maximum Gasteiger partial charge on any atom is 0.205 e. The monoisotopic (exact) mass is 292 g/mol. The van der Waals surface area contributed by atoms with E-state index < -0.39 is 0 Å². The van der Waals surface area contributed by atoms with Gasteiger partial charge in [-0.15, -0.1) is 0 Å². The highest BCUT2D eigenvalue weighted by atomic mass is 16.5. The fraction of sp³-hybridized carbons (Fsp3) is 0.812. The van der Waals surface area contributed by atoms with Crippen molar-refractivity contribution in [3.63, 3.8) is 0 Å². The van der Waals surface area contributed by atoms with Gasteiger partial charge < -0.3 is 19.9 Å². The van der Waals surface area contributed by atoms with Crippen LogP contribution in [0.2, 0.25) is 0 Å². The quantitative estimate of drug-likeness (QED) is 0.782. The van der Waals surface area contributed by atoms with Crippen LogP contribution in [-0.4, -0.2) is 41.9 Å². The molecule has 1 aliphatic heterocycles. The lowest BCUT2D eigenvalue weighted by atomic mass is 10.1. The summed E-state index contributed by atoms with van der Waals surface area (Å²) in [6.45, 7) is 5.82. The molecule has 2 heterocycles. The number of ether oxygens (including phenoxy) is 1. The average Bonchev–Trinajstić information content (AvgIpc) is 3.27. The molecule has 0 radical (unpaired) electrons. The lowest BCUT2D eigenvalue weighted by Crippen LogP contribution is -2.38. The number of anilines is 1. The molecule has 0 spiro atoms. The molecule has 0 aromatic carbocycles. The Bertz CT molecular complexity index is 447. The van der Waals surface area contributed by atoms with Crippen LogP contribution in [0.15, 0.2) is 6.20 Å². The molecule has 0 bridgehead atoms. The van der Waals surface area contributed by atoms with Crippen LogP contribution in [0.25, 0.3) is 0 Å². The summed E-state index contributed by atoms with van der Waals surface area (Å²) in [6.07, 6.45) is 9.47. The van der Waals surface area contributed by atoms with E-state index in [1.807, 2.05) is 0 Å². The van der Waals surface area contributed by atoms with E-state index in [-0.39, 0.29) is 0 Å². The van der Waals surface area contributed by atoms with E-state index in [1.54, 1.807) is 0 Å². The maximum atomic E-state index is 5.89. The normalized spacial score (nSPS) is 20.2. The summed E-state index contributed by atoms with van der Waals surface area (Å²) in [7, 11) is 0. The van der Waals surface area contributed by atoms with Gasteiger partial charge in [0, 0.05) is 31.9 Å². The Morgan fingerprint density at radius 1 is 1.29 bits per heavy atom. The Kier molecular flexibility index (Phi) is 4.80. The van der Waals surface area contributed by atoms with Crippen LogP contribution >= 0.6 is 0 Å². The van der Waals surface area contributed by atoms with Gasteiger partial charge in [0.25, 0.3) is 0 Å². The molecule has 1 aromatic rings. The average molecular weight is 292 g/mol. The molecule has 2 fully saturated rings. The van der Waals surface area contributed by atoms with Crippen molar-refractivity contribution in [2.24, 2.45) is 5.73 Å². The number of nitrogens with zero attached hydrogens (tertiary/aromatic N) is 3. The summed E-state index contributed by atoms with van der Waals surface area (Å²) in [5.74, 6) is 1.19. The van der Waals surface area contributed by atoms with E-state index in [0.717, 1.165) is 51.9 Å². The van der Waals surface area contributed by atoms with Gasteiger partial charge in [0.1, 0.15) is 0 Å². The predicted molar refractivity (Wildman–Crippen MR) is 84.7 cm³/mol. The molecule has 3 rings (SSSR count). The SMILES string of the molecule is CCc1cn(C2CC2)c(N2CCC(OCCCN)CC2)n1. The zero-order valence-electron chi connectivity index (χ0n) is 13.1. The summed E-state index contributed by atoms with van der Waals surface area (Å²) >= 11 is 0. The van der Waals surface area contributed by atoms with Gasteiger partial charge in [0.2, 0.25) is 5.95 Å². The highest BCUT2D eigenvalue weighted by molar-refractivity contribution is 5.36. The number of aryl methyl sites for hydroxylation is 1. The smallest absolute Gasteiger partial charge is 0.205 e. The second-order valence-electron chi connectivity index (χ2n) is 6.22. The van der Waals surface area contributed by atoms with Crippen molar-refractivity contribution in [2.75, 3.05) is 31.1 Å². The topological polar surface area (TPSA) is 56.3 Å². The standard InChI is InChI=1S/C16H28N4O/c1-2-13-12-20(14-4-5-14)16(18-13)19-9-6-15(7-10-19)21-11-3-8-17/h12,14-15H,2-11,17H2,1H3. The summed E-state index contributed by atoms with van der Waals surface area (Å²) in [6, 6.07) is 0.700. The highest BCUT2D eigenvalue weighted by Crippen LogP contribution is 2.38. The van der Waals surface area contributed by atoms with Crippen LogP contribution in [0.3, 0.4) is 0 Å². The fourth-order valence-corrected chi connectivity index (χ4v) is 3.01. The van der Waals surface area contributed by atoms with Gasteiger partial charge in [-0.05, 0) is 45.1 Å². The van der Waals surface area contributed by atoms with Gasteiger partial charge in [-0.3, -0.25) is 0 Å². The Labute approximate surface area is 127 Å². The van der Waals surface area contributed by atoms with E-state index in [1.165, 1.54) is 24.5 Å². The minimum absolute atomic E-state index is 0.405.